The highest BCUT2D eigenvalue weighted by molar-refractivity contribution is 5.86. The van der Waals surface area contributed by atoms with Gasteiger partial charge in [0.2, 0.25) is 0 Å². The van der Waals surface area contributed by atoms with Crippen molar-refractivity contribution in [3.8, 4) is 0 Å². The first-order valence-corrected chi connectivity index (χ1v) is 4.98. The van der Waals surface area contributed by atoms with Gasteiger partial charge in [0.25, 0.3) is 0 Å². The van der Waals surface area contributed by atoms with Crippen molar-refractivity contribution >= 4 is 5.97 Å². The van der Waals surface area contributed by atoms with E-state index in [9.17, 15) is 4.79 Å². The molecule has 4 nitrogen and oxygen atoms in total. The Morgan fingerprint density at radius 3 is 2.75 bits per heavy atom. The molecular formula is C12H12N2O2. The molecule has 0 bridgehead atoms. The Hall–Kier alpha value is -2.10. The fraction of sp³-hybridized carbons (Fsp3) is 0.167. The van der Waals surface area contributed by atoms with Crippen LogP contribution in [-0.4, -0.2) is 15.9 Å². The summed E-state index contributed by atoms with van der Waals surface area (Å²) in [4.78, 5) is 18.3. The molecule has 2 aromatic rings. The molecule has 16 heavy (non-hydrogen) atoms. The summed E-state index contributed by atoms with van der Waals surface area (Å²) in [6.45, 7) is 2.06. The number of nitrogens with one attached hydrogen (secondary N) is 1. The molecule has 1 aromatic carbocycles. The van der Waals surface area contributed by atoms with Gasteiger partial charge in [-0.2, -0.15) is 0 Å². The summed E-state index contributed by atoms with van der Waals surface area (Å²) in [5, 5.41) is 0. The predicted molar refractivity (Wildman–Crippen MR) is 58.9 cm³/mol. The molecule has 0 unspecified atom stereocenters. The van der Waals surface area contributed by atoms with Crippen molar-refractivity contribution in [3.05, 3.63) is 53.6 Å². The number of hydrogen-bond donors (Lipinski definition) is 1. The number of ether oxygens (including phenoxy) is 1. The number of aryl methyl sites for hydroxylation is 1. The Labute approximate surface area is 93.3 Å². The number of carbonyl (C=O) groups excluding carboxylic acids is 1. The molecule has 0 atom stereocenters. The summed E-state index contributed by atoms with van der Waals surface area (Å²) < 4.78 is 5.12. The number of esters is 1. The van der Waals surface area contributed by atoms with Crippen molar-refractivity contribution in [2.75, 3.05) is 0 Å². The SMILES string of the molecule is Cc1ncc(C(=O)OCc2ccccc2)[nH]1. The average Bonchev–Trinajstić information content (AvgIpc) is 2.74. The smallest absolute Gasteiger partial charge is 0.356 e. The van der Waals surface area contributed by atoms with E-state index in [1.54, 1.807) is 6.92 Å². The molecule has 0 spiro atoms. The van der Waals surface area contributed by atoms with Crippen molar-refractivity contribution in [1.82, 2.24) is 9.97 Å². The summed E-state index contributed by atoms with van der Waals surface area (Å²) in [6, 6.07) is 9.55. The Bertz CT molecular complexity index is 477. The Kier molecular flexibility index (Phi) is 3.00. The summed E-state index contributed by atoms with van der Waals surface area (Å²) >= 11 is 0. The van der Waals surface area contributed by atoms with Gasteiger partial charge in [0.1, 0.15) is 18.1 Å². The van der Waals surface area contributed by atoms with Gasteiger partial charge in [-0.3, -0.25) is 0 Å². The van der Waals surface area contributed by atoms with E-state index in [1.807, 2.05) is 30.3 Å². The molecule has 0 amide bonds. The quantitative estimate of drug-likeness (QED) is 0.799. The Morgan fingerprint density at radius 2 is 2.12 bits per heavy atom. The molecule has 82 valence electrons. The highest BCUT2D eigenvalue weighted by Crippen LogP contribution is 2.04. The first-order valence-electron chi connectivity index (χ1n) is 4.98. The van der Waals surface area contributed by atoms with Gasteiger partial charge in [-0.15, -0.1) is 0 Å². The Balaban J connectivity index is 1.94. The van der Waals surface area contributed by atoms with E-state index in [0.29, 0.717) is 11.5 Å². The van der Waals surface area contributed by atoms with Gasteiger partial charge in [0.05, 0.1) is 6.20 Å². The maximum Gasteiger partial charge on any atom is 0.356 e. The van der Waals surface area contributed by atoms with Gasteiger partial charge in [0.15, 0.2) is 0 Å². The third kappa shape index (κ3) is 2.48. The van der Waals surface area contributed by atoms with E-state index < -0.39 is 0 Å². The molecule has 2 rings (SSSR count). The molecule has 1 N–H and O–H groups in total. The van der Waals surface area contributed by atoms with Gasteiger partial charge < -0.3 is 9.72 Å². The van der Waals surface area contributed by atoms with E-state index in [1.165, 1.54) is 6.20 Å². The zero-order valence-corrected chi connectivity index (χ0v) is 8.93. The first-order chi connectivity index (χ1) is 7.75. The van der Waals surface area contributed by atoms with Gasteiger partial charge in [-0.1, -0.05) is 30.3 Å². The second kappa shape index (κ2) is 4.61. The lowest BCUT2D eigenvalue weighted by atomic mass is 10.2. The lowest BCUT2D eigenvalue weighted by molar-refractivity contribution is 0.0466. The topological polar surface area (TPSA) is 55.0 Å². The maximum atomic E-state index is 11.5. The maximum absolute atomic E-state index is 11.5. The monoisotopic (exact) mass is 216 g/mol. The molecule has 1 heterocycles. The third-order valence-corrected chi connectivity index (χ3v) is 2.14. The molecule has 4 heteroatoms. The number of hydrogen-bond acceptors (Lipinski definition) is 3. The van der Waals surface area contributed by atoms with E-state index in [-0.39, 0.29) is 12.6 Å². The number of imidazole rings is 1. The van der Waals surface area contributed by atoms with Crippen molar-refractivity contribution in [2.24, 2.45) is 0 Å². The second-order valence-electron chi connectivity index (χ2n) is 3.44. The van der Waals surface area contributed by atoms with Crippen LogP contribution >= 0.6 is 0 Å². The summed E-state index contributed by atoms with van der Waals surface area (Å²) in [6.07, 6.45) is 1.47. The minimum absolute atomic E-state index is 0.276. The van der Waals surface area contributed by atoms with Gasteiger partial charge in [-0.25, -0.2) is 9.78 Å². The van der Waals surface area contributed by atoms with Crippen LogP contribution in [0, 0.1) is 6.92 Å². The lowest BCUT2D eigenvalue weighted by Gasteiger charge is -2.02. The molecule has 0 saturated carbocycles. The fourth-order valence-corrected chi connectivity index (χ4v) is 1.33. The average molecular weight is 216 g/mol. The number of rotatable bonds is 3. The Morgan fingerprint density at radius 1 is 1.38 bits per heavy atom. The lowest BCUT2D eigenvalue weighted by Crippen LogP contribution is -2.05. The minimum atomic E-state index is -0.385. The number of benzene rings is 1. The molecule has 0 aliphatic rings. The molecule has 0 aliphatic carbocycles. The van der Waals surface area contributed by atoms with Crippen molar-refractivity contribution < 1.29 is 9.53 Å². The van der Waals surface area contributed by atoms with Crippen LogP contribution in [0.15, 0.2) is 36.5 Å². The molecule has 0 radical (unpaired) electrons. The standard InChI is InChI=1S/C12H12N2O2/c1-9-13-7-11(14-9)12(15)16-8-10-5-3-2-4-6-10/h2-7H,8H2,1H3,(H,13,14). The van der Waals surface area contributed by atoms with Crippen LogP contribution in [0.1, 0.15) is 21.9 Å². The van der Waals surface area contributed by atoms with Crippen molar-refractivity contribution in [2.45, 2.75) is 13.5 Å². The van der Waals surface area contributed by atoms with Crippen LogP contribution in [0.2, 0.25) is 0 Å². The molecular weight excluding hydrogens is 204 g/mol. The van der Waals surface area contributed by atoms with Gasteiger partial charge in [0, 0.05) is 0 Å². The van der Waals surface area contributed by atoms with Crippen LogP contribution in [0.3, 0.4) is 0 Å². The molecule has 0 saturated heterocycles. The van der Waals surface area contributed by atoms with Crippen molar-refractivity contribution in [3.63, 3.8) is 0 Å². The molecule has 0 aliphatic heterocycles. The number of nitrogens with zero attached hydrogens (tertiary/aromatic N) is 1. The van der Waals surface area contributed by atoms with Crippen LogP contribution in [0.25, 0.3) is 0 Å². The van der Waals surface area contributed by atoms with Crippen LogP contribution in [-0.2, 0) is 11.3 Å². The fourth-order valence-electron chi connectivity index (χ4n) is 1.33. The van der Waals surface area contributed by atoms with E-state index in [4.69, 9.17) is 4.74 Å². The third-order valence-electron chi connectivity index (χ3n) is 2.14. The van der Waals surface area contributed by atoms with Gasteiger partial charge in [-0.05, 0) is 12.5 Å². The van der Waals surface area contributed by atoms with Crippen LogP contribution < -0.4 is 0 Å². The second-order valence-corrected chi connectivity index (χ2v) is 3.44. The first kappa shape index (κ1) is 10.4. The summed E-state index contributed by atoms with van der Waals surface area (Å²) in [7, 11) is 0. The summed E-state index contributed by atoms with van der Waals surface area (Å²) in [5.41, 5.74) is 1.35. The zero-order valence-electron chi connectivity index (χ0n) is 8.93. The number of aromatic amines is 1. The zero-order chi connectivity index (χ0) is 11.4. The normalized spacial score (nSPS) is 10.1. The predicted octanol–water partition coefficient (Wildman–Crippen LogP) is 2.08. The number of aromatic nitrogens is 2. The van der Waals surface area contributed by atoms with E-state index >= 15 is 0 Å². The number of carbonyl (C=O) groups is 1. The van der Waals surface area contributed by atoms with Crippen LogP contribution in [0.4, 0.5) is 0 Å². The van der Waals surface area contributed by atoms with E-state index in [0.717, 1.165) is 5.56 Å². The number of H-pyrrole nitrogens is 1. The van der Waals surface area contributed by atoms with Crippen LogP contribution in [0.5, 0.6) is 0 Å². The van der Waals surface area contributed by atoms with E-state index in [2.05, 4.69) is 9.97 Å². The van der Waals surface area contributed by atoms with Crippen molar-refractivity contribution in [1.29, 1.82) is 0 Å². The largest absolute Gasteiger partial charge is 0.456 e. The highest BCUT2D eigenvalue weighted by atomic mass is 16.5. The minimum Gasteiger partial charge on any atom is -0.456 e. The highest BCUT2D eigenvalue weighted by Gasteiger charge is 2.09. The summed E-state index contributed by atoms with van der Waals surface area (Å²) in [5.74, 6) is 0.316. The molecule has 1 aromatic heterocycles. The van der Waals surface area contributed by atoms with Gasteiger partial charge >= 0.3 is 5.97 Å². The molecule has 0 fully saturated rings.